The number of carbonyl (C=O) groups is 1. The third-order valence-electron chi connectivity index (χ3n) is 2.28. The smallest absolute Gasteiger partial charge is 0.222 e. The van der Waals surface area contributed by atoms with Gasteiger partial charge in [-0.3, -0.25) is 4.79 Å². The number of alkyl halides is 1. The van der Waals surface area contributed by atoms with E-state index < -0.39 is 4.83 Å². The normalized spacial score (nSPS) is 12.2. The van der Waals surface area contributed by atoms with Crippen LogP contribution in [-0.2, 0) is 0 Å². The predicted molar refractivity (Wildman–Crippen MR) is 74.5 cm³/mol. The first-order valence-electron chi connectivity index (χ1n) is 5.01. The molecule has 1 unspecified atom stereocenters. The van der Waals surface area contributed by atoms with Crippen LogP contribution in [0.5, 0.6) is 0 Å². The molecule has 1 heterocycles. The fourth-order valence-electron chi connectivity index (χ4n) is 1.42. The van der Waals surface area contributed by atoms with Crippen LogP contribution < -0.4 is 0 Å². The summed E-state index contributed by atoms with van der Waals surface area (Å²) in [6.45, 7) is 0. The zero-order valence-electron chi connectivity index (χ0n) is 8.98. The zero-order valence-corrected chi connectivity index (χ0v) is 12.1. The second-order valence-corrected chi connectivity index (χ2v) is 5.12. The van der Waals surface area contributed by atoms with Crippen LogP contribution in [0.15, 0.2) is 36.5 Å². The maximum absolute atomic E-state index is 12.2. The van der Waals surface area contributed by atoms with Crippen LogP contribution >= 0.6 is 39.1 Å². The molecule has 3 nitrogen and oxygen atoms in total. The van der Waals surface area contributed by atoms with Gasteiger partial charge in [0.2, 0.25) is 5.28 Å². The lowest BCUT2D eigenvalue weighted by Gasteiger charge is -2.09. The summed E-state index contributed by atoms with van der Waals surface area (Å²) in [5.74, 6) is -0.171. The summed E-state index contributed by atoms with van der Waals surface area (Å²) in [5, 5.41) is 0.510. The van der Waals surface area contributed by atoms with Crippen LogP contribution in [0.1, 0.15) is 20.9 Å². The van der Waals surface area contributed by atoms with Crippen LogP contribution in [0, 0.1) is 0 Å². The SMILES string of the molecule is O=C(c1ccccc1Cl)C(Br)c1ccnc(Cl)n1. The van der Waals surface area contributed by atoms with Crippen LogP contribution in [0.25, 0.3) is 0 Å². The summed E-state index contributed by atoms with van der Waals surface area (Å²) in [6.07, 6.45) is 1.50. The van der Waals surface area contributed by atoms with Crippen molar-refractivity contribution in [2.45, 2.75) is 4.83 Å². The van der Waals surface area contributed by atoms with Gasteiger partial charge in [0.1, 0.15) is 4.83 Å². The largest absolute Gasteiger partial charge is 0.292 e. The van der Waals surface area contributed by atoms with E-state index in [0.717, 1.165) is 0 Å². The Hall–Kier alpha value is -0.970. The molecule has 1 aromatic carbocycles. The molecule has 0 saturated carbocycles. The minimum absolute atomic E-state index is 0.101. The molecule has 0 radical (unpaired) electrons. The molecule has 2 aromatic rings. The lowest BCUT2D eigenvalue weighted by Crippen LogP contribution is -2.09. The van der Waals surface area contributed by atoms with E-state index in [1.165, 1.54) is 6.20 Å². The Kier molecular flexibility index (Phi) is 4.32. The number of carbonyl (C=O) groups excluding carboxylic acids is 1. The summed E-state index contributed by atoms with van der Waals surface area (Å²) in [6, 6.07) is 8.49. The van der Waals surface area contributed by atoms with E-state index in [9.17, 15) is 4.79 Å². The zero-order chi connectivity index (χ0) is 13.1. The average molecular weight is 346 g/mol. The van der Waals surface area contributed by atoms with E-state index in [4.69, 9.17) is 23.2 Å². The molecular formula is C12H7BrCl2N2O. The molecule has 0 N–H and O–H groups in total. The number of benzene rings is 1. The molecule has 2 rings (SSSR count). The Labute approximate surface area is 122 Å². The second-order valence-electron chi connectivity index (χ2n) is 3.46. The van der Waals surface area contributed by atoms with E-state index in [0.29, 0.717) is 16.3 Å². The lowest BCUT2D eigenvalue weighted by molar-refractivity contribution is 0.0990. The maximum atomic E-state index is 12.2. The van der Waals surface area contributed by atoms with Crippen molar-refractivity contribution >= 4 is 44.9 Å². The third kappa shape index (κ3) is 2.88. The van der Waals surface area contributed by atoms with Crippen molar-refractivity contribution in [3.63, 3.8) is 0 Å². The van der Waals surface area contributed by atoms with Gasteiger partial charge in [0, 0.05) is 11.8 Å². The molecule has 0 saturated heterocycles. The number of halogens is 3. The first-order valence-corrected chi connectivity index (χ1v) is 6.68. The van der Waals surface area contributed by atoms with Gasteiger partial charge in [0.15, 0.2) is 5.78 Å². The molecule has 1 atom stereocenters. The number of hydrogen-bond donors (Lipinski definition) is 0. The molecule has 92 valence electrons. The first-order chi connectivity index (χ1) is 8.59. The van der Waals surface area contributed by atoms with E-state index >= 15 is 0 Å². The quantitative estimate of drug-likeness (QED) is 0.477. The van der Waals surface area contributed by atoms with Gasteiger partial charge in [-0.1, -0.05) is 39.7 Å². The Bertz CT molecular complexity index is 592. The van der Waals surface area contributed by atoms with Crippen molar-refractivity contribution < 1.29 is 4.79 Å². The molecular weight excluding hydrogens is 339 g/mol. The summed E-state index contributed by atoms with van der Waals surface area (Å²) in [5.41, 5.74) is 0.940. The number of rotatable bonds is 3. The monoisotopic (exact) mass is 344 g/mol. The van der Waals surface area contributed by atoms with E-state index in [2.05, 4.69) is 25.9 Å². The van der Waals surface area contributed by atoms with Crippen molar-refractivity contribution in [3.05, 3.63) is 58.1 Å². The highest BCUT2D eigenvalue weighted by Crippen LogP contribution is 2.28. The number of ketones is 1. The predicted octanol–water partition coefficient (Wildman–Crippen LogP) is 4.10. The third-order valence-corrected chi connectivity index (χ3v) is 3.67. The van der Waals surface area contributed by atoms with Gasteiger partial charge >= 0.3 is 0 Å². The van der Waals surface area contributed by atoms with Crippen molar-refractivity contribution in [2.75, 3.05) is 0 Å². The molecule has 1 aromatic heterocycles. The molecule has 0 aliphatic rings. The molecule has 6 heteroatoms. The molecule has 0 amide bonds. The van der Waals surface area contributed by atoms with Crippen LogP contribution in [-0.4, -0.2) is 15.8 Å². The van der Waals surface area contributed by atoms with E-state index in [-0.39, 0.29) is 11.1 Å². The minimum Gasteiger partial charge on any atom is -0.292 e. The molecule has 18 heavy (non-hydrogen) atoms. The first kappa shape index (κ1) is 13.5. The molecule has 0 spiro atoms. The van der Waals surface area contributed by atoms with Gasteiger partial charge in [0.05, 0.1) is 10.7 Å². The Balaban J connectivity index is 2.32. The van der Waals surface area contributed by atoms with Crippen molar-refractivity contribution in [1.29, 1.82) is 0 Å². The van der Waals surface area contributed by atoms with Gasteiger partial charge < -0.3 is 0 Å². The summed E-state index contributed by atoms with van der Waals surface area (Å²) >= 11 is 15.0. The fourth-order valence-corrected chi connectivity index (χ4v) is 2.31. The number of aromatic nitrogens is 2. The molecule has 0 fully saturated rings. The van der Waals surface area contributed by atoms with Crippen molar-refractivity contribution in [1.82, 2.24) is 9.97 Å². The van der Waals surface area contributed by atoms with Crippen molar-refractivity contribution in [2.24, 2.45) is 0 Å². The Morgan fingerprint density at radius 2 is 1.94 bits per heavy atom. The second kappa shape index (κ2) is 5.78. The van der Waals surface area contributed by atoms with Gasteiger partial charge in [-0.25, -0.2) is 9.97 Å². The van der Waals surface area contributed by atoms with Gasteiger partial charge in [0.25, 0.3) is 0 Å². The maximum Gasteiger partial charge on any atom is 0.222 e. The summed E-state index contributed by atoms with van der Waals surface area (Å²) in [4.78, 5) is 19.4. The fraction of sp³-hybridized carbons (Fsp3) is 0.0833. The Morgan fingerprint density at radius 3 is 2.61 bits per heavy atom. The average Bonchev–Trinajstić information content (AvgIpc) is 2.37. The van der Waals surface area contributed by atoms with Gasteiger partial charge in [-0.15, -0.1) is 0 Å². The van der Waals surface area contributed by atoms with Crippen molar-refractivity contribution in [3.8, 4) is 0 Å². The number of hydrogen-bond acceptors (Lipinski definition) is 3. The number of Topliss-reactive ketones (excluding diaryl/α,β-unsaturated/α-hetero) is 1. The van der Waals surface area contributed by atoms with E-state index in [1.807, 2.05) is 0 Å². The van der Waals surface area contributed by atoms with Gasteiger partial charge in [-0.05, 0) is 29.8 Å². The topological polar surface area (TPSA) is 42.9 Å². The highest BCUT2D eigenvalue weighted by molar-refractivity contribution is 9.09. The molecule has 0 aliphatic heterocycles. The molecule has 0 bridgehead atoms. The van der Waals surface area contributed by atoms with Crippen LogP contribution in [0.2, 0.25) is 10.3 Å². The lowest BCUT2D eigenvalue weighted by atomic mass is 10.1. The Morgan fingerprint density at radius 1 is 1.22 bits per heavy atom. The standard InChI is InChI=1S/C12H7BrCl2N2O/c13-10(9-5-6-16-12(15)17-9)11(18)7-3-1-2-4-8(7)14/h1-6,10H. The van der Waals surface area contributed by atoms with Crippen LogP contribution in [0.4, 0.5) is 0 Å². The summed E-state index contributed by atoms with van der Waals surface area (Å²) in [7, 11) is 0. The summed E-state index contributed by atoms with van der Waals surface area (Å²) < 4.78 is 0. The molecule has 0 aliphatic carbocycles. The van der Waals surface area contributed by atoms with E-state index in [1.54, 1.807) is 30.3 Å². The minimum atomic E-state index is -0.599. The highest BCUT2D eigenvalue weighted by Gasteiger charge is 2.22. The highest BCUT2D eigenvalue weighted by atomic mass is 79.9. The van der Waals surface area contributed by atoms with Gasteiger partial charge in [-0.2, -0.15) is 0 Å². The van der Waals surface area contributed by atoms with Crippen LogP contribution in [0.3, 0.4) is 0 Å². The number of nitrogens with zero attached hydrogens (tertiary/aromatic N) is 2.